The minimum atomic E-state index is 0. The minimum absolute atomic E-state index is 0. The van der Waals surface area contributed by atoms with Gasteiger partial charge in [0.2, 0.25) is 0 Å². The summed E-state index contributed by atoms with van der Waals surface area (Å²) in [6, 6.07) is 0.649. The normalized spacial score (nSPS) is 25.1. The molecule has 0 aromatic heterocycles. The zero-order valence-corrected chi connectivity index (χ0v) is 18.5. The van der Waals surface area contributed by atoms with Crippen molar-refractivity contribution >= 4 is 29.9 Å². The van der Waals surface area contributed by atoms with Gasteiger partial charge in [0.25, 0.3) is 0 Å². The van der Waals surface area contributed by atoms with Crippen LogP contribution in [0.15, 0.2) is 4.99 Å². The van der Waals surface area contributed by atoms with Crippen LogP contribution in [-0.2, 0) is 9.47 Å². The maximum atomic E-state index is 5.68. The number of nitrogens with one attached hydrogen (secondary N) is 1. The van der Waals surface area contributed by atoms with Gasteiger partial charge in [0.15, 0.2) is 5.96 Å². The van der Waals surface area contributed by atoms with E-state index >= 15 is 0 Å². The van der Waals surface area contributed by atoms with Crippen molar-refractivity contribution in [2.75, 3.05) is 66.7 Å². The zero-order valence-electron chi connectivity index (χ0n) is 16.2. The molecule has 2 rings (SSSR count). The Hall–Kier alpha value is -0.120. The molecular formula is C18H37IN4O2. The standard InChI is InChI=1S/C18H36N4O2.HI/c1-4-21-9-6-5-7-17(21)13-20-18(19-2)22-10-8-16(14-22)15-24-12-11-23-3;/h16-17H,4-15H2,1-3H3,(H,19,20);1H. The molecule has 2 saturated heterocycles. The molecule has 148 valence electrons. The number of halogens is 1. The van der Waals surface area contributed by atoms with Gasteiger partial charge in [-0.2, -0.15) is 0 Å². The van der Waals surface area contributed by atoms with Gasteiger partial charge in [0.1, 0.15) is 0 Å². The first kappa shape index (κ1) is 22.9. The molecule has 2 aliphatic heterocycles. The fraction of sp³-hybridized carbons (Fsp3) is 0.944. The first-order valence-corrected chi connectivity index (χ1v) is 9.54. The molecule has 0 saturated carbocycles. The molecule has 6 nitrogen and oxygen atoms in total. The van der Waals surface area contributed by atoms with E-state index in [1.54, 1.807) is 7.11 Å². The predicted molar refractivity (Wildman–Crippen MR) is 114 cm³/mol. The number of hydrogen-bond donors (Lipinski definition) is 1. The second-order valence-corrected chi connectivity index (χ2v) is 6.87. The second kappa shape index (κ2) is 13.1. The highest BCUT2D eigenvalue weighted by molar-refractivity contribution is 14.0. The Kier molecular flexibility index (Phi) is 12.0. The van der Waals surface area contributed by atoms with Crippen molar-refractivity contribution in [2.24, 2.45) is 10.9 Å². The van der Waals surface area contributed by atoms with Crippen molar-refractivity contribution in [2.45, 2.75) is 38.6 Å². The SMILES string of the molecule is CCN1CCCCC1CNC(=NC)N1CCC(COCCOC)C1.I. The highest BCUT2D eigenvalue weighted by Gasteiger charge is 2.26. The van der Waals surface area contributed by atoms with Gasteiger partial charge in [-0.25, -0.2) is 0 Å². The summed E-state index contributed by atoms with van der Waals surface area (Å²) in [6.07, 6.45) is 5.17. The molecule has 0 aliphatic carbocycles. The first-order chi connectivity index (χ1) is 11.8. The van der Waals surface area contributed by atoms with Gasteiger partial charge in [-0.05, 0) is 32.4 Å². The molecule has 2 aliphatic rings. The Bertz CT molecular complexity index is 384. The number of aliphatic imine (C=N–C) groups is 1. The lowest BCUT2D eigenvalue weighted by molar-refractivity contribution is 0.0536. The van der Waals surface area contributed by atoms with Gasteiger partial charge >= 0.3 is 0 Å². The van der Waals surface area contributed by atoms with Crippen molar-refractivity contribution in [1.82, 2.24) is 15.1 Å². The van der Waals surface area contributed by atoms with Gasteiger partial charge in [0, 0.05) is 45.8 Å². The molecule has 0 aromatic rings. The molecule has 0 radical (unpaired) electrons. The third-order valence-corrected chi connectivity index (χ3v) is 5.23. The van der Waals surface area contributed by atoms with Crippen LogP contribution in [0.3, 0.4) is 0 Å². The molecule has 0 aromatic carbocycles. The quantitative estimate of drug-likeness (QED) is 0.256. The zero-order chi connectivity index (χ0) is 17.2. The average molecular weight is 468 g/mol. The van der Waals surface area contributed by atoms with Crippen molar-refractivity contribution < 1.29 is 9.47 Å². The topological polar surface area (TPSA) is 49.3 Å². The summed E-state index contributed by atoms with van der Waals surface area (Å²) in [4.78, 5) is 9.48. The van der Waals surface area contributed by atoms with Crippen LogP contribution in [0.5, 0.6) is 0 Å². The van der Waals surface area contributed by atoms with Crippen LogP contribution in [0.2, 0.25) is 0 Å². The second-order valence-electron chi connectivity index (χ2n) is 6.87. The van der Waals surface area contributed by atoms with Gasteiger partial charge in [-0.15, -0.1) is 24.0 Å². The number of rotatable bonds is 8. The van der Waals surface area contributed by atoms with Crippen LogP contribution in [0, 0.1) is 5.92 Å². The fourth-order valence-electron chi connectivity index (χ4n) is 3.80. The molecule has 0 spiro atoms. The van der Waals surface area contributed by atoms with E-state index in [0.717, 1.165) is 38.7 Å². The lowest BCUT2D eigenvalue weighted by Gasteiger charge is -2.35. The van der Waals surface area contributed by atoms with E-state index in [0.29, 0.717) is 25.2 Å². The van der Waals surface area contributed by atoms with E-state index in [1.807, 2.05) is 7.05 Å². The van der Waals surface area contributed by atoms with Crippen LogP contribution in [0.4, 0.5) is 0 Å². The van der Waals surface area contributed by atoms with Crippen molar-refractivity contribution in [3.8, 4) is 0 Å². The smallest absolute Gasteiger partial charge is 0.193 e. The molecule has 2 unspecified atom stereocenters. The van der Waals surface area contributed by atoms with E-state index < -0.39 is 0 Å². The van der Waals surface area contributed by atoms with Gasteiger partial charge < -0.3 is 19.7 Å². The van der Waals surface area contributed by atoms with Crippen molar-refractivity contribution in [3.63, 3.8) is 0 Å². The monoisotopic (exact) mass is 468 g/mol. The molecule has 25 heavy (non-hydrogen) atoms. The summed E-state index contributed by atoms with van der Waals surface area (Å²) in [5.74, 6) is 1.65. The maximum Gasteiger partial charge on any atom is 0.193 e. The summed E-state index contributed by atoms with van der Waals surface area (Å²) >= 11 is 0. The van der Waals surface area contributed by atoms with E-state index in [1.165, 1.54) is 32.2 Å². The van der Waals surface area contributed by atoms with Crippen molar-refractivity contribution in [3.05, 3.63) is 0 Å². The Morgan fingerprint density at radius 2 is 2.04 bits per heavy atom. The third kappa shape index (κ3) is 7.56. The average Bonchev–Trinajstić information content (AvgIpc) is 3.08. The summed E-state index contributed by atoms with van der Waals surface area (Å²) < 4.78 is 10.7. The highest BCUT2D eigenvalue weighted by atomic mass is 127. The Balaban J connectivity index is 0.00000312. The number of ether oxygens (including phenoxy) is 2. The number of hydrogen-bond acceptors (Lipinski definition) is 4. The third-order valence-electron chi connectivity index (χ3n) is 5.23. The van der Waals surface area contributed by atoms with E-state index in [2.05, 4.69) is 27.0 Å². The Labute approximate surface area is 170 Å². The van der Waals surface area contributed by atoms with E-state index in [-0.39, 0.29) is 24.0 Å². The molecule has 7 heteroatoms. The number of likely N-dealkylation sites (tertiary alicyclic amines) is 2. The van der Waals surface area contributed by atoms with Crippen LogP contribution in [0.1, 0.15) is 32.6 Å². The number of methoxy groups -OCH3 is 1. The summed E-state index contributed by atoms with van der Waals surface area (Å²) in [5, 5.41) is 3.62. The lowest BCUT2D eigenvalue weighted by Crippen LogP contribution is -2.49. The molecule has 0 bridgehead atoms. The summed E-state index contributed by atoms with van der Waals surface area (Å²) in [7, 11) is 3.60. The van der Waals surface area contributed by atoms with Crippen LogP contribution in [0.25, 0.3) is 0 Å². The Morgan fingerprint density at radius 1 is 1.20 bits per heavy atom. The molecule has 2 atom stereocenters. The van der Waals surface area contributed by atoms with E-state index in [4.69, 9.17) is 9.47 Å². The minimum Gasteiger partial charge on any atom is -0.382 e. The van der Waals surface area contributed by atoms with Crippen LogP contribution < -0.4 is 5.32 Å². The van der Waals surface area contributed by atoms with Crippen molar-refractivity contribution in [1.29, 1.82) is 0 Å². The fourth-order valence-corrected chi connectivity index (χ4v) is 3.80. The van der Waals surface area contributed by atoms with Crippen LogP contribution in [-0.4, -0.2) is 88.5 Å². The number of piperidine rings is 1. The van der Waals surface area contributed by atoms with Gasteiger partial charge in [-0.3, -0.25) is 9.89 Å². The van der Waals surface area contributed by atoms with Gasteiger partial charge in [-0.1, -0.05) is 13.3 Å². The predicted octanol–water partition coefficient (Wildman–Crippen LogP) is 2.04. The highest BCUT2D eigenvalue weighted by Crippen LogP contribution is 2.18. The molecular weight excluding hydrogens is 431 g/mol. The van der Waals surface area contributed by atoms with Gasteiger partial charge in [0.05, 0.1) is 19.8 Å². The number of nitrogens with zero attached hydrogens (tertiary/aromatic N) is 3. The number of likely N-dealkylation sites (N-methyl/N-ethyl adjacent to an activating group) is 1. The first-order valence-electron chi connectivity index (χ1n) is 9.54. The summed E-state index contributed by atoms with van der Waals surface area (Å²) in [5.41, 5.74) is 0. The van der Waals surface area contributed by atoms with E-state index in [9.17, 15) is 0 Å². The molecule has 0 amide bonds. The Morgan fingerprint density at radius 3 is 2.76 bits per heavy atom. The number of guanidine groups is 1. The maximum absolute atomic E-state index is 5.68. The lowest BCUT2D eigenvalue weighted by atomic mass is 10.0. The molecule has 1 N–H and O–H groups in total. The molecule has 2 heterocycles. The van der Waals surface area contributed by atoms with Crippen LogP contribution >= 0.6 is 24.0 Å². The summed E-state index contributed by atoms with van der Waals surface area (Å²) in [6.45, 7) is 9.96. The largest absolute Gasteiger partial charge is 0.382 e. The molecule has 2 fully saturated rings.